The molecule has 0 fully saturated rings. The van der Waals surface area contributed by atoms with Crippen molar-refractivity contribution in [1.29, 1.82) is 0 Å². The van der Waals surface area contributed by atoms with Crippen LogP contribution in [0.5, 0.6) is 0 Å². The van der Waals surface area contributed by atoms with Gasteiger partial charge in [-0.2, -0.15) is 0 Å². The van der Waals surface area contributed by atoms with Crippen LogP contribution in [0, 0.1) is 0 Å². The third-order valence-electron chi connectivity index (χ3n) is 5.46. The first-order chi connectivity index (χ1) is 15.8. The van der Waals surface area contributed by atoms with Gasteiger partial charge in [0.05, 0.1) is 11.2 Å². The normalized spacial score (nSPS) is 11.8. The molecule has 1 aromatic heterocycles. The summed E-state index contributed by atoms with van der Waals surface area (Å²) < 4.78 is 0. The van der Waals surface area contributed by atoms with E-state index in [1.807, 2.05) is 24.4 Å². The molecule has 0 saturated heterocycles. The van der Waals surface area contributed by atoms with Crippen molar-refractivity contribution in [2.45, 2.75) is 6.92 Å². The molecule has 0 radical (unpaired) electrons. The summed E-state index contributed by atoms with van der Waals surface area (Å²) in [4.78, 5) is 9.63. The minimum atomic E-state index is -0.705. The van der Waals surface area contributed by atoms with Gasteiger partial charge < -0.3 is 0 Å². The topological polar surface area (TPSA) is 25.2 Å². The van der Waals surface area contributed by atoms with Gasteiger partial charge in [0.2, 0.25) is 0 Å². The van der Waals surface area contributed by atoms with E-state index < -0.39 is 7.92 Å². The number of para-hydroxylation sites is 1. The Bertz CT molecular complexity index is 1330. The highest BCUT2D eigenvalue weighted by Crippen LogP contribution is 2.34. The quantitative estimate of drug-likeness (QED) is 0.243. The van der Waals surface area contributed by atoms with Gasteiger partial charge in [-0.3, -0.25) is 9.98 Å². The lowest BCUT2D eigenvalue weighted by atomic mass is 10.1. The molecule has 2 nitrogen and oxygen atoms in total. The van der Waals surface area contributed by atoms with Crippen LogP contribution in [-0.4, -0.2) is 10.7 Å². The Labute approximate surface area is 190 Å². The van der Waals surface area contributed by atoms with Crippen LogP contribution in [0.2, 0.25) is 0 Å². The van der Waals surface area contributed by atoms with Gasteiger partial charge in [-0.05, 0) is 42.9 Å². The molecule has 0 atom stereocenters. The van der Waals surface area contributed by atoms with E-state index in [0.29, 0.717) is 0 Å². The summed E-state index contributed by atoms with van der Waals surface area (Å²) in [5, 5.41) is 5.08. The van der Waals surface area contributed by atoms with Crippen molar-refractivity contribution in [2.75, 3.05) is 0 Å². The molecule has 0 bridgehead atoms. The first-order valence-electron chi connectivity index (χ1n) is 10.7. The highest BCUT2D eigenvalue weighted by molar-refractivity contribution is 7.80. The maximum absolute atomic E-state index is 5.05. The van der Waals surface area contributed by atoms with Crippen LogP contribution in [0.1, 0.15) is 12.5 Å². The van der Waals surface area contributed by atoms with E-state index in [0.717, 1.165) is 22.3 Å². The average Bonchev–Trinajstić information content (AvgIpc) is 2.86. The second-order valence-electron chi connectivity index (χ2n) is 7.57. The van der Waals surface area contributed by atoms with Gasteiger partial charge in [-0.25, -0.2) is 0 Å². The van der Waals surface area contributed by atoms with Crippen molar-refractivity contribution in [3.05, 3.63) is 127 Å². The second-order valence-corrected chi connectivity index (χ2v) is 9.76. The first-order valence-corrected chi connectivity index (χ1v) is 12.0. The Morgan fingerprint density at radius 3 is 2.00 bits per heavy atom. The molecular formula is C29H23N2P. The minimum Gasteiger partial charge on any atom is -0.254 e. The SMILES string of the molecule is CC(=Nc1cccc2cccnc12)c1ccccc1P(c1ccccc1)c1ccccc1. The summed E-state index contributed by atoms with van der Waals surface area (Å²) in [7, 11) is -0.705. The van der Waals surface area contributed by atoms with Crippen LogP contribution in [0.3, 0.4) is 0 Å². The lowest BCUT2D eigenvalue weighted by Crippen LogP contribution is -2.24. The van der Waals surface area contributed by atoms with Crippen molar-refractivity contribution in [1.82, 2.24) is 4.98 Å². The van der Waals surface area contributed by atoms with Crippen LogP contribution in [0.4, 0.5) is 5.69 Å². The molecule has 0 aliphatic rings. The highest BCUT2D eigenvalue weighted by Gasteiger charge is 2.20. The zero-order valence-corrected chi connectivity index (χ0v) is 18.8. The molecular weight excluding hydrogens is 407 g/mol. The van der Waals surface area contributed by atoms with Gasteiger partial charge >= 0.3 is 0 Å². The molecule has 32 heavy (non-hydrogen) atoms. The molecule has 3 heteroatoms. The van der Waals surface area contributed by atoms with E-state index in [9.17, 15) is 0 Å². The van der Waals surface area contributed by atoms with Crippen molar-refractivity contribution >= 4 is 46.1 Å². The van der Waals surface area contributed by atoms with Crippen LogP contribution in [0.15, 0.2) is 126 Å². The second kappa shape index (κ2) is 9.26. The molecule has 4 aromatic carbocycles. The number of hydrogen-bond donors (Lipinski definition) is 0. The van der Waals surface area contributed by atoms with E-state index in [4.69, 9.17) is 4.99 Å². The van der Waals surface area contributed by atoms with E-state index in [-0.39, 0.29) is 0 Å². The minimum absolute atomic E-state index is 0.705. The van der Waals surface area contributed by atoms with Crippen LogP contribution in [-0.2, 0) is 0 Å². The molecule has 5 rings (SSSR count). The molecule has 0 amide bonds. The van der Waals surface area contributed by atoms with Crippen molar-refractivity contribution in [3.63, 3.8) is 0 Å². The lowest BCUT2D eigenvalue weighted by molar-refractivity contribution is 1.39. The Kier molecular flexibility index (Phi) is 5.87. The zero-order valence-electron chi connectivity index (χ0n) is 17.9. The number of pyridine rings is 1. The summed E-state index contributed by atoms with van der Waals surface area (Å²) in [6, 6.07) is 40.5. The van der Waals surface area contributed by atoms with E-state index in [1.54, 1.807) is 0 Å². The van der Waals surface area contributed by atoms with Gasteiger partial charge in [0.1, 0.15) is 0 Å². The number of benzene rings is 4. The van der Waals surface area contributed by atoms with Crippen molar-refractivity contribution in [3.8, 4) is 0 Å². The number of fused-ring (bicyclic) bond motifs is 1. The predicted octanol–water partition coefficient (Wildman–Crippen LogP) is 6.13. The summed E-state index contributed by atoms with van der Waals surface area (Å²) in [5.74, 6) is 0. The third kappa shape index (κ3) is 4.10. The maximum atomic E-state index is 5.05. The molecule has 0 saturated carbocycles. The number of hydrogen-bond acceptors (Lipinski definition) is 2. The van der Waals surface area contributed by atoms with Gasteiger partial charge in [0.25, 0.3) is 0 Å². The summed E-state index contributed by atoms with van der Waals surface area (Å²) >= 11 is 0. The standard InChI is InChI=1S/C29H23N2P/c1-22(31-27-19-10-12-23-13-11-21-30-29(23)27)26-18-8-9-20-28(26)32(24-14-4-2-5-15-24)25-16-6-3-7-17-25/h2-21H,1H3. The molecule has 0 N–H and O–H groups in total. The number of nitrogens with zero attached hydrogens (tertiary/aromatic N) is 2. The molecule has 0 aliphatic carbocycles. The average molecular weight is 430 g/mol. The fraction of sp³-hybridized carbons (Fsp3) is 0.0345. The molecule has 1 heterocycles. The Hall–Kier alpha value is -3.61. The molecule has 5 aromatic rings. The summed E-state index contributed by atoms with van der Waals surface area (Å²) in [6.07, 6.45) is 1.83. The smallest absolute Gasteiger partial charge is 0.0958 e. The summed E-state index contributed by atoms with van der Waals surface area (Å²) in [6.45, 7) is 2.10. The summed E-state index contributed by atoms with van der Waals surface area (Å²) in [5.41, 5.74) is 4.01. The van der Waals surface area contributed by atoms with Gasteiger partial charge in [-0.15, -0.1) is 0 Å². The van der Waals surface area contributed by atoms with Crippen LogP contribution >= 0.6 is 7.92 Å². The zero-order chi connectivity index (χ0) is 21.8. The van der Waals surface area contributed by atoms with E-state index in [1.165, 1.54) is 21.5 Å². The molecule has 154 valence electrons. The van der Waals surface area contributed by atoms with Crippen LogP contribution in [0.25, 0.3) is 10.9 Å². The van der Waals surface area contributed by atoms with Gasteiger partial charge in [0, 0.05) is 22.9 Å². The highest BCUT2D eigenvalue weighted by atomic mass is 31.1. The number of aliphatic imine (C=N–C) groups is 1. The van der Waals surface area contributed by atoms with Gasteiger partial charge in [0.15, 0.2) is 0 Å². The number of rotatable bonds is 5. The lowest BCUT2D eigenvalue weighted by Gasteiger charge is -2.22. The van der Waals surface area contributed by atoms with Crippen molar-refractivity contribution in [2.24, 2.45) is 4.99 Å². The monoisotopic (exact) mass is 430 g/mol. The Morgan fingerprint density at radius 1 is 0.656 bits per heavy atom. The maximum Gasteiger partial charge on any atom is 0.0958 e. The van der Waals surface area contributed by atoms with Crippen LogP contribution < -0.4 is 15.9 Å². The van der Waals surface area contributed by atoms with E-state index >= 15 is 0 Å². The Balaban J connectivity index is 1.66. The number of aromatic nitrogens is 1. The Morgan fingerprint density at radius 2 is 1.28 bits per heavy atom. The largest absolute Gasteiger partial charge is 0.254 e. The fourth-order valence-electron chi connectivity index (χ4n) is 3.98. The fourth-order valence-corrected chi connectivity index (χ4v) is 6.48. The predicted molar refractivity (Wildman–Crippen MR) is 139 cm³/mol. The third-order valence-corrected chi connectivity index (χ3v) is 7.96. The van der Waals surface area contributed by atoms with Gasteiger partial charge in [-0.1, -0.05) is 103 Å². The molecule has 0 spiro atoms. The van der Waals surface area contributed by atoms with Crippen molar-refractivity contribution < 1.29 is 0 Å². The first kappa shape index (κ1) is 20.3. The van der Waals surface area contributed by atoms with E-state index in [2.05, 4.69) is 109 Å². The molecule has 0 unspecified atom stereocenters. The molecule has 0 aliphatic heterocycles.